The van der Waals surface area contributed by atoms with Crippen LogP contribution in [0, 0.1) is 5.92 Å². The van der Waals surface area contributed by atoms with Crippen LogP contribution in [0.3, 0.4) is 0 Å². The first-order chi connectivity index (χ1) is 9.01. The number of hydrogen-bond donors (Lipinski definition) is 1. The number of carbonyl (C=O) groups is 1. The quantitative estimate of drug-likeness (QED) is 0.782. The van der Waals surface area contributed by atoms with Gasteiger partial charge in [0.1, 0.15) is 0 Å². The van der Waals surface area contributed by atoms with E-state index in [4.69, 9.17) is 5.11 Å². The molecule has 0 aliphatic heterocycles. The summed E-state index contributed by atoms with van der Waals surface area (Å²) in [5.41, 5.74) is 2.26. The molecular weight excluding hydrogens is 242 g/mol. The van der Waals surface area contributed by atoms with Crippen LogP contribution >= 0.6 is 0 Å². The van der Waals surface area contributed by atoms with Gasteiger partial charge in [-0.3, -0.25) is 14.4 Å². The predicted molar refractivity (Wildman–Crippen MR) is 75.0 cm³/mol. The molecular formula is C14H25N3O2. The summed E-state index contributed by atoms with van der Waals surface area (Å²) in [5, 5.41) is 13.5. The van der Waals surface area contributed by atoms with Crippen molar-refractivity contribution in [2.75, 3.05) is 13.1 Å². The Hall–Kier alpha value is -1.36. The van der Waals surface area contributed by atoms with E-state index in [-0.39, 0.29) is 5.92 Å². The smallest absolute Gasteiger partial charge is 0.307 e. The van der Waals surface area contributed by atoms with Crippen LogP contribution in [0.5, 0.6) is 0 Å². The third-order valence-corrected chi connectivity index (χ3v) is 3.36. The second-order valence-electron chi connectivity index (χ2n) is 4.86. The van der Waals surface area contributed by atoms with Crippen molar-refractivity contribution in [1.82, 2.24) is 14.7 Å². The van der Waals surface area contributed by atoms with Crippen LogP contribution in [0.1, 0.15) is 39.1 Å². The maximum absolute atomic E-state index is 10.9. The van der Waals surface area contributed by atoms with E-state index in [2.05, 4.69) is 36.8 Å². The van der Waals surface area contributed by atoms with Gasteiger partial charge in [0.25, 0.3) is 0 Å². The summed E-state index contributed by atoms with van der Waals surface area (Å²) in [6.45, 7) is 11.0. The van der Waals surface area contributed by atoms with Crippen molar-refractivity contribution in [1.29, 1.82) is 0 Å². The minimum Gasteiger partial charge on any atom is -0.481 e. The van der Waals surface area contributed by atoms with Crippen molar-refractivity contribution in [2.45, 2.75) is 47.2 Å². The minimum atomic E-state index is -0.739. The molecule has 0 aliphatic carbocycles. The summed E-state index contributed by atoms with van der Waals surface area (Å²) >= 11 is 0. The second-order valence-corrected chi connectivity index (χ2v) is 4.86. The molecule has 0 amide bonds. The highest BCUT2D eigenvalue weighted by atomic mass is 16.4. The van der Waals surface area contributed by atoms with E-state index in [9.17, 15) is 4.79 Å². The van der Waals surface area contributed by atoms with Crippen molar-refractivity contribution in [2.24, 2.45) is 5.92 Å². The number of aryl methyl sites for hydroxylation is 2. The molecule has 1 aromatic heterocycles. The molecule has 1 aromatic rings. The highest BCUT2D eigenvalue weighted by molar-refractivity contribution is 5.69. The predicted octanol–water partition coefficient (Wildman–Crippen LogP) is 2.01. The molecule has 0 fully saturated rings. The van der Waals surface area contributed by atoms with Gasteiger partial charge in [-0.05, 0) is 26.0 Å². The van der Waals surface area contributed by atoms with Gasteiger partial charge in [0.05, 0.1) is 17.3 Å². The van der Waals surface area contributed by atoms with Crippen molar-refractivity contribution in [3.8, 4) is 0 Å². The van der Waals surface area contributed by atoms with E-state index in [1.54, 1.807) is 6.92 Å². The molecule has 1 unspecified atom stereocenters. The van der Waals surface area contributed by atoms with Gasteiger partial charge in [0.15, 0.2) is 0 Å². The van der Waals surface area contributed by atoms with Gasteiger partial charge in [0, 0.05) is 19.6 Å². The third-order valence-electron chi connectivity index (χ3n) is 3.36. The lowest BCUT2D eigenvalue weighted by Gasteiger charge is -2.22. The van der Waals surface area contributed by atoms with Crippen LogP contribution < -0.4 is 0 Å². The Morgan fingerprint density at radius 2 is 2.16 bits per heavy atom. The Bertz CT molecular complexity index is 415. The zero-order valence-electron chi connectivity index (χ0n) is 12.4. The maximum Gasteiger partial charge on any atom is 0.307 e. The zero-order valence-corrected chi connectivity index (χ0v) is 12.4. The average Bonchev–Trinajstić information content (AvgIpc) is 2.79. The van der Waals surface area contributed by atoms with Crippen molar-refractivity contribution < 1.29 is 9.90 Å². The number of hydrogen-bond acceptors (Lipinski definition) is 3. The number of aliphatic carboxylic acids is 1. The summed E-state index contributed by atoms with van der Waals surface area (Å²) in [7, 11) is 0. The van der Waals surface area contributed by atoms with Crippen molar-refractivity contribution in [3.63, 3.8) is 0 Å². The van der Waals surface area contributed by atoms with Gasteiger partial charge >= 0.3 is 5.97 Å². The molecule has 1 heterocycles. The number of carboxylic acids is 1. The fraction of sp³-hybridized carbons (Fsp3) is 0.714. The molecule has 1 rings (SSSR count). The molecule has 108 valence electrons. The first-order valence-electron chi connectivity index (χ1n) is 7.02. The van der Waals surface area contributed by atoms with Gasteiger partial charge in [-0.2, -0.15) is 5.10 Å². The van der Waals surface area contributed by atoms with Gasteiger partial charge in [0.2, 0.25) is 0 Å². The van der Waals surface area contributed by atoms with Crippen LogP contribution in [0.15, 0.2) is 6.07 Å². The van der Waals surface area contributed by atoms with Gasteiger partial charge in [-0.1, -0.05) is 20.8 Å². The Kier molecular flexibility index (Phi) is 6.02. The third kappa shape index (κ3) is 4.35. The van der Waals surface area contributed by atoms with Crippen LogP contribution in [0.2, 0.25) is 0 Å². The van der Waals surface area contributed by atoms with E-state index >= 15 is 0 Å². The van der Waals surface area contributed by atoms with Gasteiger partial charge in [-0.15, -0.1) is 0 Å². The summed E-state index contributed by atoms with van der Waals surface area (Å²) in [5.74, 6) is -1.08. The van der Waals surface area contributed by atoms with E-state index < -0.39 is 5.97 Å². The average molecular weight is 267 g/mol. The standard InChI is InChI=1S/C14H25N3O2/c1-5-12-8-13(17(7-3)15-12)10-16(6-2)9-11(4)14(18)19/h8,11H,5-7,9-10H2,1-4H3,(H,18,19). The molecule has 1 atom stereocenters. The van der Waals surface area contributed by atoms with E-state index in [0.29, 0.717) is 6.54 Å². The normalized spacial score (nSPS) is 12.9. The molecule has 19 heavy (non-hydrogen) atoms. The second kappa shape index (κ2) is 7.28. The molecule has 0 spiro atoms. The fourth-order valence-corrected chi connectivity index (χ4v) is 2.09. The SMILES string of the molecule is CCc1cc(CN(CC)CC(C)C(=O)O)n(CC)n1. The highest BCUT2D eigenvalue weighted by Crippen LogP contribution is 2.11. The number of aromatic nitrogens is 2. The molecule has 0 aliphatic rings. The molecule has 5 nitrogen and oxygen atoms in total. The molecule has 0 bridgehead atoms. The van der Waals surface area contributed by atoms with Crippen LogP contribution in [-0.2, 0) is 24.3 Å². The molecule has 0 aromatic carbocycles. The lowest BCUT2D eigenvalue weighted by Crippen LogP contribution is -2.32. The Morgan fingerprint density at radius 1 is 1.47 bits per heavy atom. The molecule has 5 heteroatoms. The lowest BCUT2D eigenvalue weighted by molar-refractivity contribution is -0.141. The monoisotopic (exact) mass is 267 g/mol. The first-order valence-corrected chi connectivity index (χ1v) is 7.02. The van der Waals surface area contributed by atoms with Crippen molar-refractivity contribution in [3.05, 3.63) is 17.5 Å². The topological polar surface area (TPSA) is 58.4 Å². The fourth-order valence-electron chi connectivity index (χ4n) is 2.09. The van der Waals surface area contributed by atoms with Gasteiger partial charge < -0.3 is 5.11 Å². The minimum absolute atomic E-state index is 0.344. The van der Waals surface area contributed by atoms with E-state index in [1.165, 1.54) is 5.69 Å². The number of rotatable bonds is 8. The largest absolute Gasteiger partial charge is 0.481 e. The molecule has 0 saturated heterocycles. The van der Waals surface area contributed by atoms with Gasteiger partial charge in [-0.25, -0.2) is 0 Å². The first kappa shape index (κ1) is 15.7. The van der Waals surface area contributed by atoms with Crippen molar-refractivity contribution >= 4 is 5.97 Å². The maximum atomic E-state index is 10.9. The summed E-state index contributed by atoms with van der Waals surface area (Å²) in [4.78, 5) is 13.1. The number of carboxylic acid groups (broad SMARTS) is 1. The highest BCUT2D eigenvalue weighted by Gasteiger charge is 2.17. The Balaban J connectivity index is 2.74. The van der Waals surface area contributed by atoms with E-state index in [1.807, 2.05) is 4.68 Å². The summed E-state index contributed by atoms with van der Waals surface area (Å²) in [6, 6.07) is 2.12. The van der Waals surface area contributed by atoms with Crippen LogP contribution in [-0.4, -0.2) is 38.8 Å². The summed E-state index contributed by atoms with van der Waals surface area (Å²) < 4.78 is 2.01. The molecule has 1 N–H and O–H groups in total. The zero-order chi connectivity index (χ0) is 14.4. The lowest BCUT2D eigenvalue weighted by atomic mass is 10.1. The van der Waals surface area contributed by atoms with E-state index in [0.717, 1.165) is 31.7 Å². The summed E-state index contributed by atoms with van der Waals surface area (Å²) in [6.07, 6.45) is 0.928. The van der Waals surface area contributed by atoms with Crippen LogP contribution in [0.4, 0.5) is 0 Å². The Morgan fingerprint density at radius 3 is 2.63 bits per heavy atom. The number of nitrogens with zero attached hydrogens (tertiary/aromatic N) is 3. The molecule has 0 radical (unpaired) electrons. The van der Waals surface area contributed by atoms with Crippen LogP contribution in [0.25, 0.3) is 0 Å². The molecule has 0 saturated carbocycles. The Labute approximate surface area is 115 Å².